The van der Waals surface area contributed by atoms with Crippen molar-refractivity contribution < 1.29 is 18.0 Å². The van der Waals surface area contributed by atoms with Crippen molar-refractivity contribution in [3.05, 3.63) is 92.9 Å². The minimum absolute atomic E-state index is 0.0267. The van der Waals surface area contributed by atoms with E-state index in [0.29, 0.717) is 21.3 Å². The van der Waals surface area contributed by atoms with E-state index in [1.807, 2.05) is 13.8 Å². The molecule has 0 aromatic heterocycles. The molecule has 1 atom stereocenters. The summed E-state index contributed by atoms with van der Waals surface area (Å²) in [5, 5.41) is 3.57. The first-order valence-corrected chi connectivity index (χ1v) is 14.8. The number of carbonyl (C=O) groups excluding carboxylic acids is 2. The van der Waals surface area contributed by atoms with Gasteiger partial charge in [-0.05, 0) is 74.9 Å². The fourth-order valence-electron chi connectivity index (χ4n) is 3.68. The average Bonchev–Trinajstić information content (AvgIpc) is 2.87. The van der Waals surface area contributed by atoms with Gasteiger partial charge in [-0.1, -0.05) is 63.4 Å². The SMILES string of the molecule is CC(C)NC(=O)[C@@H](C)N(Cc1ccc(Cl)cc1Cl)C(=O)CN(c1ccc(Br)cc1)S(=O)(=O)c1ccccc1. The molecule has 11 heteroatoms. The second-order valence-corrected chi connectivity index (χ2v) is 12.5. The van der Waals surface area contributed by atoms with Crippen LogP contribution in [0.2, 0.25) is 10.0 Å². The zero-order chi connectivity index (χ0) is 28.0. The number of halogens is 3. The Morgan fingerprint density at radius 1 is 0.947 bits per heavy atom. The summed E-state index contributed by atoms with van der Waals surface area (Å²) in [4.78, 5) is 28.1. The normalized spacial score (nSPS) is 12.2. The third-order valence-corrected chi connectivity index (χ3v) is 8.58. The molecular formula is C27H28BrCl2N3O4S. The molecule has 1 N–H and O–H groups in total. The van der Waals surface area contributed by atoms with Crippen LogP contribution in [-0.4, -0.2) is 43.8 Å². The first-order chi connectivity index (χ1) is 17.9. The number of anilines is 1. The maximum Gasteiger partial charge on any atom is 0.264 e. The second-order valence-electron chi connectivity index (χ2n) is 8.90. The van der Waals surface area contributed by atoms with Crippen LogP contribution in [-0.2, 0) is 26.2 Å². The molecule has 0 saturated heterocycles. The maximum atomic E-state index is 13.8. The Morgan fingerprint density at radius 3 is 2.16 bits per heavy atom. The van der Waals surface area contributed by atoms with E-state index in [9.17, 15) is 18.0 Å². The Bertz CT molecular complexity index is 1390. The summed E-state index contributed by atoms with van der Waals surface area (Å²) < 4.78 is 29.2. The van der Waals surface area contributed by atoms with Gasteiger partial charge in [-0.15, -0.1) is 0 Å². The quantitative estimate of drug-likeness (QED) is 0.299. The van der Waals surface area contributed by atoms with Gasteiger partial charge in [0.05, 0.1) is 10.6 Å². The number of carbonyl (C=O) groups is 2. The van der Waals surface area contributed by atoms with Gasteiger partial charge in [0.25, 0.3) is 10.0 Å². The van der Waals surface area contributed by atoms with Gasteiger partial charge in [-0.3, -0.25) is 13.9 Å². The Hall–Kier alpha value is -2.59. The minimum atomic E-state index is -4.12. The van der Waals surface area contributed by atoms with E-state index in [1.54, 1.807) is 67.6 Å². The zero-order valence-corrected chi connectivity index (χ0v) is 25.0. The predicted octanol–water partition coefficient (Wildman–Crippen LogP) is 5.89. The average molecular weight is 641 g/mol. The van der Waals surface area contributed by atoms with Gasteiger partial charge >= 0.3 is 0 Å². The summed E-state index contributed by atoms with van der Waals surface area (Å²) in [6.45, 7) is 4.66. The van der Waals surface area contributed by atoms with Crippen LogP contribution in [0.25, 0.3) is 0 Å². The first kappa shape index (κ1) is 30.0. The zero-order valence-electron chi connectivity index (χ0n) is 21.1. The predicted molar refractivity (Wildman–Crippen MR) is 155 cm³/mol. The van der Waals surface area contributed by atoms with Crippen LogP contribution in [0.4, 0.5) is 5.69 Å². The van der Waals surface area contributed by atoms with Crippen molar-refractivity contribution in [2.75, 3.05) is 10.8 Å². The van der Waals surface area contributed by atoms with Gasteiger partial charge in [0.15, 0.2) is 0 Å². The maximum absolute atomic E-state index is 13.8. The molecule has 0 bridgehead atoms. The summed E-state index contributed by atoms with van der Waals surface area (Å²) in [6, 6.07) is 18.3. The molecule has 0 fully saturated rings. The Kier molecular flexibility index (Phi) is 10.2. The first-order valence-electron chi connectivity index (χ1n) is 11.8. The number of rotatable bonds is 10. The fourth-order valence-corrected chi connectivity index (χ4v) is 5.84. The van der Waals surface area contributed by atoms with Gasteiger partial charge in [0.1, 0.15) is 12.6 Å². The number of benzene rings is 3. The molecule has 2 amide bonds. The molecule has 0 aliphatic carbocycles. The van der Waals surface area contributed by atoms with Gasteiger partial charge < -0.3 is 10.2 Å². The Labute approximate surface area is 241 Å². The van der Waals surface area contributed by atoms with Gasteiger partial charge in [0, 0.05) is 27.1 Å². The molecule has 0 heterocycles. The lowest BCUT2D eigenvalue weighted by molar-refractivity contribution is -0.139. The highest BCUT2D eigenvalue weighted by atomic mass is 79.9. The summed E-state index contributed by atoms with van der Waals surface area (Å²) in [5.41, 5.74) is 0.865. The molecule has 0 saturated carbocycles. The highest BCUT2D eigenvalue weighted by molar-refractivity contribution is 9.10. The largest absolute Gasteiger partial charge is 0.352 e. The van der Waals surface area contributed by atoms with Crippen molar-refractivity contribution >= 4 is 66.7 Å². The fraction of sp³-hybridized carbons (Fsp3) is 0.259. The van der Waals surface area contributed by atoms with Gasteiger partial charge in [-0.25, -0.2) is 8.42 Å². The van der Waals surface area contributed by atoms with Gasteiger partial charge in [0.2, 0.25) is 11.8 Å². The smallest absolute Gasteiger partial charge is 0.264 e. The highest BCUT2D eigenvalue weighted by Crippen LogP contribution is 2.27. The van der Waals surface area contributed by atoms with Crippen LogP contribution in [0, 0.1) is 0 Å². The van der Waals surface area contributed by atoms with E-state index in [1.165, 1.54) is 17.0 Å². The minimum Gasteiger partial charge on any atom is -0.352 e. The lowest BCUT2D eigenvalue weighted by Crippen LogP contribution is -2.52. The van der Waals surface area contributed by atoms with Crippen molar-refractivity contribution in [1.82, 2.24) is 10.2 Å². The summed E-state index contributed by atoms with van der Waals surface area (Å²) >= 11 is 15.8. The number of sulfonamides is 1. The summed E-state index contributed by atoms with van der Waals surface area (Å²) in [7, 11) is -4.12. The number of amides is 2. The topological polar surface area (TPSA) is 86.8 Å². The van der Waals surface area contributed by atoms with Crippen molar-refractivity contribution in [2.45, 2.75) is 44.3 Å². The molecule has 0 radical (unpaired) electrons. The molecular weight excluding hydrogens is 613 g/mol. The second kappa shape index (κ2) is 13.0. The van der Waals surface area contributed by atoms with Crippen LogP contribution in [0.15, 0.2) is 82.2 Å². The third-order valence-electron chi connectivity index (χ3n) is 5.68. The van der Waals surface area contributed by atoms with Crippen LogP contribution >= 0.6 is 39.1 Å². The van der Waals surface area contributed by atoms with E-state index in [2.05, 4.69) is 21.2 Å². The van der Waals surface area contributed by atoms with Crippen LogP contribution < -0.4 is 9.62 Å². The number of nitrogens with one attached hydrogen (secondary N) is 1. The molecule has 3 rings (SSSR count). The van der Waals surface area contributed by atoms with E-state index < -0.39 is 28.5 Å². The van der Waals surface area contributed by atoms with E-state index in [0.717, 1.165) is 8.78 Å². The van der Waals surface area contributed by atoms with Crippen LogP contribution in [0.1, 0.15) is 26.3 Å². The van der Waals surface area contributed by atoms with Gasteiger partial charge in [-0.2, -0.15) is 0 Å². The van der Waals surface area contributed by atoms with Crippen molar-refractivity contribution in [3.8, 4) is 0 Å². The lowest BCUT2D eigenvalue weighted by Gasteiger charge is -2.32. The van der Waals surface area contributed by atoms with E-state index in [4.69, 9.17) is 23.2 Å². The molecule has 0 aliphatic rings. The van der Waals surface area contributed by atoms with Crippen molar-refractivity contribution in [2.24, 2.45) is 0 Å². The molecule has 38 heavy (non-hydrogen) atoms. The van der Waals surface area contributed by atoms with E-state index >= 15 is 0 Å². The molecule has 0 aliphatic heterocycles. The number of nitrogens with zero attached hydrogens (tertiary/aromatic N) is 2. The standard InChI is InChI=1S/C27H28BrCl2N3O4S/c1-18(2)31-27(35)19(3)32(16-20-9-12-22(29)15-25(20)30)26(34)17-33(23-13-10-21(28)11-14-23)38(36,37)24-7-5-4-6-8-24/h4-15,18-19H,16-17H2,1-3H3,(H,31,35)/t19-/m1/s1. The third kappa shape index (κ3) is 7.50. The molecule has 3 aromatic carbocycles. The van der Waals surface area contributed by atoms with E-state index in [-0.39, 0.29) is 23.4 Å². The highest BCUT2D eigenvalue weighted by Gasteiger charge is 2.32. The molecule has 0 unspecified atom stereocenters. The summed E-state index contributed by atoms with van der Waals surface area (Å²) in [5.74, 6) is -0.954. The molecule has 0 spiro atoms. The van der Waals surface area contributed by atoms with Crippen molar-refractivity contribution in [1.29, 1.82) is 0 Å². The Balaban J connectivity index is 2.03. The molecule has 7 nitrogen and oxygen atoms in total. The molecule has 3 aromatic rings. The monoisotopic (exact) mass is 639 g/mol. The number of hydrogen-bond acceptors (Lipinski definition) is 4. The summed E-state index contributed by atoms with van der Waals surface area (Å²) in [6.07, 6.45) is 0. The van der Waals surface area contributed by atoms with Crippen LogP contribution in [0.5, 0.6) is 0 Å². The van der Waals surface area contributed by atoms with Crippen LogP contribution in [0.3, 0.4) is 0 Å². The number of hydrogen-bond donors (Lipinski definition) is 1. The lowest BCUT2D eigenvalue weighted by atomic mass is 10.1. The van der Waals surface area contributed by atoms with Crippen molar-refractivity contribution in [3.63, 3.8) is 0 Å². The Morgan fingerprint density at radius 2 is 1.58 bits per heavy atom. The molecule has 202 valence electrons.